The minimum Gasteiger partial charge on any atom is -0.370 e. The van der Waals surface area contributed by atoms with Crippen LogP contribution in [-0.2, 0) is 11.2 Å². The van der Waals surface area contributed by atoms with Crippen LogP contribution in [0.4, 0.5) is 5.69 Å². The molecule has 0 bridgehead atoms. The summed E-state index contributed by atoms with van der Waals surface area (Å²) >= 11 is 0. The maximum Gasteiger partial charge on any atom is 0.261 e. The van der Waals surface area contributed by atoms with Gasteiger partial charge in [-0.25, -0.2) is 4.98 Å². The number of amides is 1. The maximum atomic E-state index is 13.1. The summed E-state index contributed by atoms with van der Waals surface area (Å²) in [6.45, 7) is 3.04. The molecule has 0 unspecified atom stereocenters. The Morgan fingerprint density at radius 3 is 2.58 bits per heavy atom. The van der Waals surface area contributed by atoms with E-state index in [1.54, 1.807) is 0 Å². The molecule has 1 saturated heterocycles. The molecular weight excluding hydrogens is 414 g/mol. The molecule has 0 spiro atoms. The van der Waals surface area contributed by atoms with Crippen LogP contribution in [0.15, 0.2) is 53.3 Å². The van der Waals surface area contributed by atoms with E-state index in [0.29, 0.717) is 35.9 Å². The van der Waals surface area contributed by atoms with E-state index in [4.69, 9.17) is 10.2 Å². The number of hydrogen-bond donors (Lipinski definition) is 0. The molecule has 1 aliphatic carbocycles. The Bertz CT molecular complexity index is 1270. The van der Waals surface area contributed by atoms with Crippen LogP contribution >= 0.6 is 0 Å². The molecule has 1 amide bonds. The standard InChI is InChI=1S/C26H27N5O2/c27-18-19-6-8-20(9-7-19)29-14-3-15-30(17-16-29)25(32)13-12-24-28-23-5-2-1-4-22(23)26(33)31(24)21-10-11-21/h1-2,4-9,21H,3,10-17H2. The first kappa shape index (κ1) is 21.2. The molecule has 0 N–H and O–H groups in total. The summed E-state index contributed by atoms with van der Waals surface area (Å²) in [5.74, 6) is 0.838. The second kappa shape index (κ2) is 9.07. The Morgan fingerprint density at radius 1 is 1.03 bits per heavy atom. The Balaban J connectivity index is 1.26. The number of carbonyl (C=O) groups is 1. The lowest BCUT2D eigenvalue weighted by Crippen LogP contribution is -2.35. The zero-order valence-electron chi connectivity index (χ0n) is 18.6. The molecule has 0 radical (unpaired) electrons. The van der Waals surface area contributed by atoms with E-state index in [-0.39, 0.29) is 17.5 Å². The van der Waals surface area contributed by atoms with E-state index in [0.717, 1.165) is 50.4 Å². The smallest absolute Gasteiger partial charge is 0.261 e. The topological polar surface area (TPSA) is 82.2 Å². The van der Waals surface area contributed by atoms with Crippen LogP contribution in [-0.4, -0.2) is 46.5 Å². The second-order valence-corrected chi connectivity index (χ2v) is 8.83. The number of fused-ring (bicyclic) bond motifs is 1. The summed E-state index contributed by atoms with van der Waals surface area (Å²) in [5, 5.41) is 9.65. The third kappa shape index (κ3) is 4.47. The molecule has 1 aliphatic heterocycles. The lowest BCUT2D eigenvalue weighted by molar-refractivity contribution is -0.131. The van der Waals surface area contributed by atoms with Crippen molar-refractivity contribution < 1.29 is 4.79 Å². The SMILES string of the molecule is N#Cc1ccc(N2CCCN(C(=O)CCc3nc4ccccc4c(=O)n3C3CC3)CC2)cc1. The first-order chi connectivity index (χ1) is 16.1. The number of anilines is 1. The number of nitriles is 1. The lowest BCUT2D eigenvalue weighted by Gasteiger charge is -2.24. The predicted molar refractivity (Wildman–Crippen MR) is 127 cm³/mol. The third-order valence-electron chi connectivity index (χ3n) is 6.57. The van der Waals surface area contributed by atoms with Crippen LogP contribution in [0.5, 0.6) is 0 Å². The third-order valence-corrected chi connectivity index (χ3v) is 6.57. The zero-order valence-corrected chi connectivity index (χ0v) is 18.6. The average molecular weight is 442 g/mol. The molecule has 0 atom stereocenters. The van der Waals surface area contributed by atoms with Crippen molar-refractivity contribution in [1.82, 2.24) is 14.5 Å². The van der Waals surface area contributed by atoms with Crippen LogP contribution in [0.25, 0.3) is 10.9 Å². The summed E-state index contributed by atoms with van der Waals surface area (Å²) in [4.78, 5) is 35.1. The number of para-hydroxylation sites is 1. The van der Waals surface area contributed by atoms with Crippen molar-refractivity contribution in [1.29, 1.82) is 5.26 Å². The van der Waals surface area contributed by atoms with E-state index in [1.807, 2.05) is 58.0 Å². The summed E-state index contributed by atoms with van der Waals surface area (Å²) in [6, 6.07) is 17.4. The fourth-order valence-electron chi connectivity index (χ4n) is 4.63. The molecule has 1 saturated carbocycles. The number of aromatic nitrogens is 2. The molecule has 2 aliphatic rings. The van der Waals surface area contributed by atoms with Crippen molar-refractivity contribution in [3.63, 3.8) is 0 Å². The maximum absolute atomic E-state index is 13.1. The van der Waals surface area contributed by atoms with Gasteiger partial charge in [-0.3, -0.25) is 14.2 Å². The van der Waals surface area contributed by atoms with Gasteiger partial charge >= 0.3 is 0 Å². The molecule has 7 heteroatoms. The van der Waals surface area contributed by atoms with Crippen molar-refractivity contribution in [3.05, 3.63) is 70.3 Å². The summed E-state index contributed by atoms with van der Waals surface area (Å²) in [7, 11) is 0. The predicted octanol–water partition coefficient (Wildman–Crippen LogP) is 3.27. The largest absolute Gasteiger partial charge is 0.370 e. The quantitative estimate of drug-likeness (QED) is 0.607. The first-order valence-corrected chi connectivity index (χ1v) is 11.7. The molecule has 33 heavy (non-hydrogen) atoms. The number of hydrogen-bond acceptors (Lipinski definition) is 5. The van der Waals surface area contributed by atoms with E-state index in [2.05, 4.69) is 11.0 Å². The molecule has 3 aromatic rings. The van der Waals surface area contributed by atoms with E-state index in [9.17, 15) is 9.59 Å². The Hall–Kier alpha value is -3.66. The molecule has 2 heterocycles. The molecular formula is C26H27N5O2. The van der Waals surface area contributed by atoms with Gasteiger partial charge in [-0.05, 0) is 55.7 Å². The van der Waals surface area contributed by atoms with Crippen LogP contribution in [0, 0.1) is 11.3 Å². The molecule has 2 fully saturated rings. The van der Waals surface area contributed by atoms with Crippen LogP contribution in [0.2, 0.25) is 0 Å². The highest BCUT2D eigenvalue weighted by atomic mass is 16.2. The van der Waals surface area contributed by atoms with Crippen LogP contribution in [0.3, 0.4) is 0 Å². The Kier molecular flexibility index (Phi) is 5.82. The van der Waals surface area contributed by atoms with Gasteiger partial charge in [0.1, 0.15) is 5.82 Å². The van der Waals surface area contributed by atoms with Crippen LogP contribution < -0.4 is 10.5 Å². The molecule has 2 aromatic carbocycles. The normalized spacial score (nSPS) is 16.5. The van der Waals surface area contributed by atoms with Gasteiger partial charge in [0.2, 0.25) is 5.91 Å². The van der Waals surface area contributed by atoms with Crippen molar-refractivity contribution in [2.45, 2.75) is 38.1 Å². The van der Waals surface area contributed by atoms with Gasteiger partial charge in [0.15, 0.2) is 0 Å². The highest BCUT2D eigenvalue weighted by Crippen LogP contribution is 2.35. The summed E-state index contributed by atoms with van der Waals surface area (Å²) in [5.41, 5.74) is 2.45. The number of aryl methyl sites for hydroxylation is 1. The van der Waals surface area contributed by atoms with Crippen molar-refractivity contribution in [2.75, 3.05) is 31.1 Å². The number of rotatable bonds is 5. The van der Waals surface area contributed by atoms with Gasteiger partial charge < -0.3 is 9.80 Å². The minimum absolute atomic E-state index is 0.0124. The van der Waals surface area contributed by atoms with E-state index in [1.165, 1.54) is 0 Å². The Labute approximate surface area is 192 Å². The first-order valence-electron chi connectivity index (χ1n) is 11.7. The highest BCUT2D eigenvalue weighted by molar-refractivity contribution is 5.78. The molecule has 5 rings (SSSR count). The van der Waals surface area contributed by atoms with Crippen molar-refractivity contribution >= 4 is 22.5 Å². The average Bonchev–Trinajstić information content (AvgIpc) is 3.70. The monoisotopic (exact) mass is 441 g/mol. The fourth-order valence-corrected chi connectivity index (χ4v) is 4.63. The summed E-state index contributed by atoms with van der Waals surface area (Å²) < 4.78 is 1.82. The number of carbonyl (C=O) groups excluding carboxylic acids is 1. The van der Waals surface area contributed by atoms with Gasteiger partial charge in [0, 0.05) is 50.7 Å². The lowest BCUT2D eigenvalue weighted by atomic mass is 10.2. The van der Waals surface area contributed by atoms with Gasteiger partial charge in [-0.1, -0.05) is 12.1 Å². The van der Waals surface area contributed by atoms with Gasteiger partial charge in [-0.2, -0.15) is 5.26 Å². The summed E-state index contributed by atoms with van der Waals surface area (Å²) in [6.07, 6.45) is 3.72. The highest BCUT2D eigenvalue weighted by Gasteiger charge is 2.29. The van der Waals surface area contributed by atoms with Crippen molar-refractivity contribution in [2.24, 2.45) is 0 Å². The van der Waals surface area contributed by atoms with Gasteiger partial charge in [0.05, 0.1) is 22.5 Å². The van der Waals surface area contributed by atoms with Gasteiger partial charge in [-0.15, -0.1) is 0 Å². The molecule has 7 nitrogen and oxygen atoms in total. The Morgan fingerprint density at radius 2 is 1.82 bits per heavy atom. The van der Waals surface area contributed by atoms with E-state index < -0.39 is 0 Å². The van der Waals surface area contributed by atoms with Gasteiger partial charge in [0.25, 0.3) is 5.56 Å². The second-order valence-electron chi connectivity index (χ2n) is 8.83. The van der Waals surface area contributed by atoms with Crippen LogP contribution in [0.1, 0.15) is 43.1 Å². The molecule has 1 aromatic heterocycles. The van der Waals surface area contributed by atoms with Crippen molar-refractivity contribution in [3.8, 4) is 6.07 Å². The molecule has 168 valence electrons. The zero-order chi connectivity index (χ0) is 22.8. The van der Waals surface area contributed by atoms with E-state index >= 15 is 0 Å². The minimum atomic E-state index is 0.0124. The fraction of sp³-hybridized carbons (Fsp3) is 0.385. The number of nitrogens with zero attached hydrogens (tertiary/aromatic N) is 5. The number of benzene rings is 2.